The zero-order valence-corrected chi connectivity index (χ0v) is 13.9. The largest absolute Gasteiger partial charge is 0.354 e. The smallest absolute Gasteiger partial charge is 0.266 e. The normalized spacial score (nSPS) is 10.6. The van der Waals surface area contributed by atoms with Gasteiger partial charge in [-0.05, 0) is 29.0 Å². The second-order valence-corrected chi connectivity index (χ2v) is 6.84. The molecule has 1 amide bonds. The Morgan fingerprint density at radius 2 is 1.96 bits per heavy atom. The average molecular weight is 345 g/mol. The fourth-order valence-corrected chi connectivity index (χ4v) is 3.49. The summed E-state index contributed by atoms with van der Waals surface area (Å²) in [6.45, 7) is 0.735. The minimum Gasteiger partial charge on any atom is -0.354 e. The molecule has 7 heteroatoms. The van der Waals surface area contributed by atoms with Gasteiger partial charge in [-0.1, -0.05) is 12.1 Å². The van der Waals surface area contributed by atoms with Gasteiger partial charge >= 0.3 is 0 Å². The van der Waals surface area contributed by atoms with Crippen molar-refractivity contribution in [2.75, 3.05) is 6.54 Å². The summed E-state index contributed by atoms with van der Waals surface area (Å²) in [5.74, 6) is -0.0464. The molecule has 0 unspecified atom stereocenters. The first-order valence-electron chi connectivity index (χ1n) is 7.13. The lowest BCUT2D eigenvalue weighted by Gasteiger charge is -2.07. The van der Waals surface area contributed by atoms with E-state index in [4.69, 9.17) is 0 Å². The summed E-state index contributed by atoms with van der Waals surface area (Å²) in [6, 6.07) is 11.0. The predicted molar refractivity (Wildman–Crippen MR) is 92.8 cm³/mol. The van der Waals surface area contributed by atoms with Crippen molar-refractivity contribution in [3.8, 4) is 10.6 Å². The van der Waals surface area contributed by atoms with E-state index in [2.05, 4.69) is 10.4 Å². The van der Waals surface area contributed by atoms with Gasteiger partial charge in [0.2, 0.25) is 5.91 Å². The van der Waals surface area contributed by atoms with E-state index in [1.54, 1.807) is 28.7 Å². The van der Waals surface area contributed by atoms with Gasteiger partial charge in [-0.3, -0.25) is 9.59 Å². The molecule has 118 valence electrons. The van der Waals surface area contributed by atoms with Crippen LogP contribution in [0.15, 0.2) is 52.0 Å². The van der Waals surface area contributed by atoms with Gasteiger partial charge in [-0.25, -0.2) is 4.68 Å². The van der Waals surface area contributed by atoms with E-state index >= 15 is 0 Å². The molecule has 0 fully saturated rings. The highest BCUT2D eigenvalue weighted by atomic mass is 32.1. The minimum absolute atomic E-state index is 0.0464. The minimum atomic E-state index is -0.169. The summed E-state index contributed by atoms with van der Waals surface area (Å²) >= 11 is 3.13. The number of amides is 1. The van der Waals surface area contributed by atoms with Crippen molar-refractivity contribution < 1.29 is 4.79 Å². The van der Waals surface area contributed by atoms with E-state index in [-0.39, 0.29) is 11.5 Å². The molecule has 3 aromatic rings. The van der Waals surface area contributed by atoms with E-state index in [1.165, 1.54) is 10.7 Å². The molecule has 0 aliphatic heterocycles. The summed E-state index contributed by atoms with van der Waals surface area (Å²) in [4.78, 5) is 25.7. The monoisotopic (exact) mass is 345 g/mol. The highest BCUT2D eigenvalue weighted by molar-refractivity contribution is 7.13. The fraction of sp³-hybridized carbons (Fsp3) is 0.188. The third-order valence-electron chi connectivity index (χ3n) is 3.20. The van der Waals surface area contributed by atoms with E-state index in [0.29, 0.717) is 19.5 Å². The van der Waals surface area contributed by atoms with Crippen LogP contribution in [0.4, 0.5) is 0 Å². The Balaban J connectivity index is 1.58. The molecular weight excluding hydrogens is 330 g/mol. The standard InChI is InChI=1S/C16H15N3O2S2/c20-15(11-12-3-1-9-22-12)17-7-8-19-16(21)6-5-13(18-19)14-4-2-10-23-14/h1-6,9-10H,7-8,11H2,(H,17,20). The third-order valence-corrected chi connectivity index (χ3v) is 4.97. The van der Waals surface area contributed by atoms with Crippen LogP contribution in [0.25, 0.3) is 10.6 Å². The molecule has 0 aliphatic rings. The number of nitrogens with zero attached hydrogens (tertiary/aromatic N) is 2. The predicted octanol–water partition coefficient (Wildman–Crippen LogP) is 2.39. The SMILES string of the molecule is O=C(Cc1cccs1)NCCn1nc(-c2cccs2)ccc1=O. The van der Waals surface area contributed by atoms with Crippen molar-refractivity contribution >= 4 is 28.6 Å². The van der Waals surface area contributed by atoms with Gasteiger partial charge in [0.15, 0.2) is 0 Å². The lowest BCUT2D eigenvalue weighted by atomic mass is 10.3. The van der Waals surface area contributed by atoms with E-state index in [9.17, 15) is 9.59 Å². The zero-order chi connectivity index (χ0) is 16.1. The quantitative estimate of drug-likeness (QED) is 0.746. The summed E-state index contributed by atoms with van der Waals surface area (Å²) < 4.78 is 1.39. The molecule has 0 radical (unpaired) electrons. The second kappa shape index (κ2) is 7.34. The van der Waals surface area contributed by atoms with Gasteiger partial charge in [-0.15, -0.1) is 22.7 Å². The van der Waals surface area contributed by atoms with Gasteiger partial charge in [0, 0.05) is 17.5 Å². The molecule has 0 saturated heterocycles. The van der Waals surface area contributed by atoms with Crippen molar-refractivity contribution in [1.29, 1.82) is 0 Å². The van der Waals surface area contributed by atoms with E-state index in [1.807, 2.05) is 35.0 Å². The molecule has 0 saturated carbocycles. The van der Waals surface area contributed by atoms with Crippen LogP contribution in [0.3, 0.4) is 0 Å². The van der Waals surface area contributed by atoms with Crippen molar-refractivity contribution in [3.05, 3.63) is 62.4 Å². The lowest BCUT2D eigenvalue weighted by Crippen LogP contribution is -2.32. The second-order valence-electron chi connectivity index (χ2n) is 4.86. The first-order valence-corrected chi connectivity index (χ1v) is 8.89. The first-order chi connectivity index (χ1) is 11.2. The molecule has 3 aromatic heterocycles. The number of carbonyl (C=O) groups is 1. The highest BCUT2D eigenvalue weighted by Crippen LogP contribution is 2.20. The molecule has 3 rings (SSSR count). The topological polar surface area (TPSA) is 64.0 Å². The molecule has 5 nitrogen and oxygen atoms in total. The molecular formula is C16H15N3O2S2. The maximum absolute atomic E-state index is 11.9. The number of aromatic nitrogens is 2. The Morgan fingerprint density at radius 3 is 2.70 bits per heavy atom. The van der Waals surface area contributed by atoms with Crippen LogP contribution in [0.2, 0.25) is 0 Å². The fourth-order valence-electron chi connectivity index (χ4n) is 2.10. The molecule has 0 spiro atoms. The number of rotatable bonds is 6. The Kier molecular flexibility index (Phi) is 4.99. The van der Waals surface area contributed by atoms with Gasteiger partial charge in [0.25, 0.3) is 5.56 Å². The number of thiophene rings is 2. The van der Waals surface area contributed by atoms with Crippen LogP contribution >= 0.6 is 22.7 Å². The lowest BCUT2D eigenvalue weighted by molar-refractivity contribution is -0.120. The Hall–Kier alpha value is -2.25. The van der Waals surface area contributed by atoms with E-state index in [0.717, 1.165) is 15.4 Å². The zero-order valence-electron chi connectivity index (χ0n) is 12.3. The van der Waals surface area contributed by atoms with Crippen molar-refractivity contribution in [1.82, 2.24) is 15.1 Å². The van der Waals surface area contributed by atoms with Crippen LogP contribution in [-0.4, -0.2) is 22.2 Å². The Morgan fingerprint density at radius 1 is 1.13 bits per heavy atom. The Bertz CT molecular complexity index is 823. The third kappa shape index (κ3) is 4.14. The number of carbonyl (C=O) groups excluding carboxylic acids is 1. The van der Waals surface area contributed by atoms with Crippen LogP contribution < -0.4 is 10.9 Å². The number of hydrogen-bond acceptors (Lipinski definition) is 5. The van der Waals surface area contributed by atoms with Gasteiger partial charge < -0.3 is 5.32 Å². The van der Waals surface area contributed by atoms with Crippen molar-refractivity contribution in [3.63, 3.8) is 0 Å². The van der Waals surface area contributed by atoms with Crippen LogP contribution in [0.5, 0.6) is 0 Å². The summed E-state index contributed by atoms with van der Waals surface area (Å²) in [7, 11) is 0. The van der Waals surface area contributed by atoms with Gasteiger partial charge in [-0.2, -0.15) is 5.10 Å². The van der Waals surface area contributed by atoms with Crippen molar-refractivity contribution in [2.45, 2.75) is 13.0 Å². The molecule has 3 heterocycles. The maximum Gasteiger partial charge on any atom is 0.266 e. The summed E-state index contributed by atoms with van der Waals surface area (Å²) in [5.41, 5.74) is 0.599. The van der Waals surface area contributed by atoms with Crippen LogP contribution in [0, 0.1) is 0 Å². The number of hydrogen-bond donors (Lipinski definition) is 1. The van der Waals surface area contributed by atoms with Crippen molar-refractivity contribution in [2.24, 2.45) is 0 Å². The molecule has 0 atom stereocenters. The first kappa shape index (κ1) is 15.6. The maximum atomic E-state index is 11.9. The van der Waals surface area contributed by atoms with E-state index < -0.39 is 0 Å². The highest BCUT2D eigenvalue weighted by Gasteiger charge is 2.06. The van der Waals surface area contributed by atoms with Crippen LogP contribution in [0.1, 0.15) is 4.88 Å². The summed E-state index contributed by atoms with van der Waals surface area (Å²) in [6.07, 6.45) is 0.370. The molecule has 0 aromatic carbocycles. The molecule has 0 bridgehead atoms. The Labute approximate surface area is 141 Å². The summed E-state index contributed by atoms with van der Waals surface area (Å²) in [5, 5.41) is 11.1. The molecule has 0 aliphatic carbocycles. The van der Waals surface area contributed by atoms with Gasteiger partial charge in [0.1, 0.15) is 5.69 Å². The van der Waals surface area contributed by atoms with Crippen LogP contribution in [-0.2, 0) is 17.8 Å². The molecule has 23 heavy (non-hydrogen) atoms. The number of nitrogens with one attached hydrogen (secondary N) is 1. The molecule has 1 N–H and O–H groups in total. The average Bonchev–Trinajstić information content (AvgIpc) is 3.22. The van der Waals surface area contributed by atoms with Gasteiger partial charge in [0.05, 0.1) is 17.8 Å².